The molecular weight excluding hydrogens is 421 g/mol. The molecule has 5 nitrogen and oxygen atoms in total. The first-order valence-electron chi connectivity index (χ1n) is 9.78. The van der Waals surface area contributed by atoms with E-state index in [0.717, 1.165) is 47.4 Å². The molecule has 0 saturated carbocycles. The van der Waals surface area contributed by atoms with Crippen molar-refractivity contribution in [1.29, 1.82) is 0 Å². The van der Waals surface area contributed by atoms with E-state index in [1.54, 1.807) is 7.11 Å². The van der Waals surface area contributed by atoms with E-state index in [4.69, 9.17) is 9.72 Å². The zero-order chi connectivity index (χ0) is 19.3. The van der Waals surface area contributed by atoms with Crippen LogP contribution in [-0.4, -0.2) is 37.6 Å². The van der Waals surface area contributed by atoms with Crippen molar-refractivity contribution in [3.63, 3.8) is 0 Å². The predicted octanol–water partition coefficient (Wildman–Crippen LogP) is 4.48. The van der Waals surface area contributed by atoms with E-state index in [0.29, 0.717) is 18.0 Å². The van der Waals surface area contributed by atoms with Crippen LogP contribution in [0.3, 0.4) is 0 Å². The number of amides is 1. The van der Waals surface area contributed by atoms with Gasteiger partial charge in [-0.3, -0.25) is 4.79 Å². The molecule has 0 bridgehead atoms. The topological polar surface area (TPSA) is 63.2 Å². The summed E-state index contributed by atoms with van der Waals surface area (Å²) >= 11 is 0. The Labute approximate surface area is 189 Å². The first kappa shape index (κ1) is 23.9. The first-order chi connectivity index (χ1) is 13.7. The highest BCUT2D eigenvalue weighted by molar-refractivity contribution is 6.07. The number of methoxy groups -OCH3 is 1. The van der Waals surface area contributed by atoms with Crippen LogP contribution < -0.4 is 15.4 Å². The molecule has 3 aromatic rings. The molecule has 1 saturated heterocycles. The van der Waals surface area contributed by atoms with E-state index in [-0.39, 0.29) is 30.7 Å². The number of carbonyl (C=O) groups is 1. The third-order valence-electron chi connectivity index (χ3n) is 5.30. The van der Waals surface area contributed by atoms with Crippen molar-refractivity contribution in [1.82, 2.24) is 15.6 Å². The van der Waals surface area contributed by atoms with Crippen molar-refractivity contribution in [3.8, 4) is 17.0 Å². The Morgan fingerprint density at radius 1 is 1.17 bits per heavy atom. The zero-order valence-electron chi connectivity index (χ0n) is 16.9. The van der Waals surface area contributed by atoms with Gasteiger partial charge >= 0.3 is 0 Å². The van der Waals surface area contributed by atoms with Gasteiger partial charge in [0.05, 0.1) is 23.9 Å². The maximum atomic E-state index is 13.0. The summed E-state index contributed by atoms with van der Waals surface area (Å²) in [5, 5.41) is 7.40. The molecule has 2 heterocycles. The van der Waals surface area contributed by atoms with E-state index in [2.05, 4.69) is 10.6 Å². The Morgan fingerprint density at radius 3 is 2.63 bits per heavy atom. The van der Waals surface area contributed by atoms with Crippen molar-refractivity contribution in [2.75, 3.05) is 26.7 Å². The monoisotopic (exact) mass is 447 g/mol. The van der Waals surface area contributed by atoms with Crippen LogP contribution in [0.15, 0.2) is 54.6 Å². The highest BCUT2D eigenvalue weighted by Gasteiger charge is 2.17. The van der Waals surface area contributed by atoms with Gasteiger partial charge in [0.25, 0.3) is 5.91 Å². The molecule has 4 rings (SSSR count). The average Bonchev–Trinajstić information content (AvgIpc) is 2.77. The summed E-state index contributed by atoms with van der Waals surface area (Å²) in [4.78, 5) is 17.8. The van der Waals surface area contributed by atoms with Crippen LogP contribution in [0.5, 0.6) is 5.75 Å². The molecule has 0 radical (unpaired) electrons. The lowest BCUT2D eigenvalue weighted by Gasteiger charge is -2.23. The second-order valence-corrected chi connectivity index (χ2v) is 7.22. The van der Waals surface area contributed by atoms with E-state index in [9.17, 15) is 4.79 Å². The quantitative estimate of drug-likeness (QED) is 0.604. The van der Waals surface area contributed by atoms with Crippen molar-refractivity contribution < 1.29 is 9.53 Å². The summed E-state index contributed by atoms with van der Waals surface area (Å²) in [6, 6.07) is 17.4. The van der Waals surface area contributed by atoms with Crippen LogP contribution in [0.25, 0.3) is 22.2 Å². The fourth-order valence-corrected chi connectivity index (χ4v) is 3.70. The van der Waals surface area contributed by atoms with Crippen LogP contribution in [0.4, 0.5) is 0 Å². The smallest absolute Gasteiger partial charge is 0.252 e. The number of ether oxygens (including phenoxy) is 1. The number of benzene rings is 2. The lowest BCUT2D eigenvalue weighted by atomic mass is 9.99. The normalized spacial score (nSPS) is 15.6. The van der Waals surface area contributed by atoms with Crippen LogP contribution >= 0.6 is 24.8 Å². The molecule has 2 N–H and O–H groups in total. The van der Waals surface area contributed by atoms with Gasteiger partial charge in [0.2, 0.25) is 0 Å². The summed E-state index contributed by atoms with van der Waals surface area (Å²) in [7, 11) is 1.65. The van der Waals surface area contributed by atoms with Gasteiger partial charge < -0.3 is 15.4 Å². The number of pyridine rings is 1. The lowest BCUT2D eigenvalue weighted by Crippen LogP contribution is -2.38. The molecule has 1 unspecified atom stereocenters. The molecule has 0 aliphatic carbocycles. The van der Waals surface area contributed by atoms with Crippen LogP contribution in [0.1, 0.15) is 23.2 Å². The number of piperidine rings is 1. The summed E-state index contributed by atoms with van der Waals surface area (Å²) in [6.45, 7) is 2.74. The molecule has 30 heavy (non-hydrogen) atoms. The Balaban J connectivity index is 0.00000160. The van der Waals surface area contributed by atoms with Crippen molar-refractivity contribution in [2.24, 2.45) is 5.92 Å². The number of rotatable bonds is 5. The first-order valence-corrected chi connectivity index (χ1v) is 9.78. The molecule has 0 spiro atoms. The van der Waals surface area contributed by atoms with Gasteiger partial charge in [-0.25, -0.2) is 4.98 Å². The highest BCUT2D eigenvalue weighted by atomic mass is 35.5. The van der Waals surface area contributed by atoms with E-state index < -0.39 is 0 Å². The zero-order valence-corrected chi connectivity index (χ0v) is 18.5. The molecular formula is C23H27Cl2N3O2. The third-order valence-corrected chi connectivity index (χ3v) is 5.30. The lowest BCUT2D eigenvalue weighted by molar-refractivity contribution is 0.0946. The fourth-order valence-electron chi connectivity index (χ4n) is 3.70. The number of hydrogen-bond acceptors (Lipinski definition) is 4. The second-order valence-electron chi connectivity index (χ2n) is 7.22. The average molecular weight is 448 g/mol. The summed E-state index contributed by atoms with van der Waals surface area (Å²) in [6.07, 6.45) is 2.32. The number of nitrogens with zero attached hydrogens (tertiary/aromatic N) is 1. The van der Waals surface area contributed by atoms with Crippen LogP contribution in [-0.2, 0) is 0 Å². The number of aromatic nitrogens is 1. The van der Waals surface area contributed by atoms with Crippen molar-refractivity contribution >= 4 is 41.6 Å². The summed E-state index contributed by atoms with van der Waals surface area (Å²) < 4.78 is 5.24. The van der Waals surface area contributed by atoms with Gasteiger partial charge in [-0.1, -0.05) is 18.2 Å². The Hall–Kier alpha value is -2.34. The minimum atomic E-state index is -0.0427. The minimum absolute atomic E-state index is 0. The standard InChI is InChI=1S/C23H25N3O2.2ClH/c1-28-18-10-8-17(9-11-18)22-13-20(19-6-2-3-7-21(19)26-22)23(27)25-15-16-5-4-12-24-14-16;;/h2-3,6-11,13,16,24H,4-5,12,14-15H2,1H3,(H,25,27);2*1H. The van der Waals surface area contributed by atoms with Crippen molar-refractivity contribution in [3.05, 3.63) is 60.2 Å². The number of para-hydroxylation sites is 1. The molecule has 1 aliphatic heterocycles. The fraction of sp³-hybridized carbons (Fsp3) is 0.304. The largest absolute Gasteiger partial charge is 0.497 e. The van der Waals surface area contributed by atoms with Crippen molar-refractivity contribution in [2.45, 2.75) is 12.8 Å². The van der Waals surface area contributed by atoms with Gasteiger partial charge in [0.15, 0.2) is 0 Å². The maximum Gasteiger partial charge on any atom is 0.252 e. The molecule has 2 aromatic carbocycles. The second kappa shape index (κ2) is 11.2. The van der Waals surface area contributed by atoms with Crippen LogP contribution in [0, 0.1) is 5.92 Å². The molecule has 1 aromatic heterocycles. The minimum Gasteiger partial charge on any atom is -0.497 e. The number of fused-ring (bicyclic) bond motifs is 1. The Kier molecular flexibility index (Phi) is 8.90. The molecule has 1 atom stereocenters. The van der Waals surface area contributed by atoms with Crippen LogP contribution in [0.2, 0.25) is 0 Å². The Bertz CT molecular complexity index is 974. The molecule has 1 amide bonds. The SMILES string of the molecule is COc1ccc(-c2cc(C(=O)NCC3CCCNC3)c3ccccc3n2)cc1.Cl.Cl. The molecule has 160 valence electrons. The number of halogens is 2. The van der Waals surface area contributed by atoms with Gasteiger partial charge in [0, 0.05) is 17.5 Å². The Morgan fingerprint density at radius 2 is 1.93 bits per heavy atom. The highest BCUT2D eigenvalue weighted by Crippen LogP contribution is 2.26. The number of carbonyl (C=O) groups excluding carboxylic acids is 1. The molecule has 7 heteroatoms. The van der Waals surface area contributed by atoms with Gasteiger partial charge in [-0.05, 0) is 68.2 Å². The molecule has 1 fully saturated rings. The number of nitrogens with one attached hydrogen (secondary N) is 2. The summed E-state index contributed by atoms with van der Waals surface area (Å²) in [5.41, 5.74) is 3.23. The van der Waals surface area contributed by atoms with Gasteiger partial charge in [-0.15, -0.1) is 24.8 Å². The number of hydrogen-bond donors (Lipinski definition) is 2. The van der Waals surface area contributed by atoms with Gasteiger partial charge in [-0.2, -0.15) is 0 Å². The maximum absolute atomic E-state index is 13.0. The summed E-state index contributed by atoms with van der Waals surface area (Å²) in [5.74, 6) is 1.24. The van der Waals surface area contributed by atoms with E-state index in [1.165, 1.54) is 6.42 Å². The van der Waals surface area contributed by atoms with E-state index >= 15 is 0 Å². The molecule has 1 aliphatic rings. The third kappa shape index (κ3) is 5.42. The van der Waals surface area contributed by atoms with Gasteiger partial charge in [0.1, 0.15) is 5.75 Å². The predicted molar refractivity (Wildman–Crippen MR) is 126 cm³/mol. The van der Waals surface area contributed by atoms with E-state index in [1.807, 2.05) is 54.6 Å².